The Morgan fingerprint density at radius 2 is 1.84 bits per heavy atom. The number of fused-ring (bicyclic) bond motifs is 3. The molecule has 0 aliphatic carbocycles. The van der Waals surface area contributed by atoms with E-state index in [1.165, 1.54) is 0 Å². The number of aromatic nitrogens is 4. The zero-order valence-corrected chi connectivity index (χ0v) is 19.0. The quantitative estimate of drug-likeness (QED) is 0.574. The van der Waals surface area contributed by atoms with Crippen LogP contribution in [0.4, 0.5) is 4.79 Å². The van der Waals surface area contributed by atoms with Crippen LogP contribution in [0.25, 0.3) is 11.0 Å². The minimum absolute atomic E-state index is 0.191. The van der Waals surface area contributed by atoms with Crippen molar-refractivity contribution in [3.05, 3.63) is 42.5 Å². The Morgan fingerprint density at radius 1 is 1.09 bits per heavy atom. The van der Waals surface area contributed by atoms with Gasteiger partial charge in [0.25, 0.3) is 0 Å². The zero-order chi connectivity index (χ0) is 22.5. The van der Waals surface area contributed by atoms with Crippen LogP contribution in [0, 0.1) is 6.92 Å². The Bertz CT molecular complexity index is 1140. The molecule has 32 heavy (non-hydrogen) atoms. The van der Waals surface area contributed by atoms with E-state index in [0.29, 0.717) is 11.5 Å². The lowest BCUT2D eigenvalue weighted by molar-refractivity contribution is 0.00314. The first-order chi connectivity index (χ1) is 15.3. The van der Waals surface area contributed by atoms with E-state index in [1.807, 2.05) is 50.8 Å². The van der Waals surface area contributed by atoms with Crippen LogP contribution in [0.3, 0.4) is 0 Å². The maximum atomic E-state index is 12.8. The van der Waals surface area contributed by atoms with Gasteiger partial charge in [-0.05, 0) is 71.6 Å². The molecule has 0 radical (unpaired) electrons. The molecule has 0 unspecified atom stereocenters. The van der Waals surface area contributed by atoms with Gasteiger partial charge in [-0.15, -0.1) is 5.10 Å². The average Bonchev–Trinajstić information content (AvgIpc) is 3.28. The largest absolute Gasteiger partial charge is 0.453 e. The summed E-state index contributed by atoms with van der Waals surface area (Å²) in [6.07, 6.45) is 9.06. The van der Waals surface area contributed by atoms with Crippen molar-refractivity contribution >= 4 is 17.1 Å². The number of hydrogen-bond acceptors (Lipinski definition) is 6. The van der Waals surface area contributed by atoms with E-state index < -0.39 is 5.60 Å². The third kappa shape index (κ3) is 3.78. The standard InChI is InChI=1S/C24H29N5O3/c1-15-20(6-5-10-25-15)31-21-14-26-27-22-19(21)9-11-28(22)18-12-16-7-8-17(13-18)29(16)23(30)32-24(2,3)4/h5-6,9-11,14,16-18H,7-8,12-13H2,1-4H3/t16-,17-/m0/s1. The van der Waals surface area contributed by atoms with Crippen molar-refractivity contribution in [1.82, 2.24) is 24.6 Å². The number of amides is 1. The molecular formula is C24H29N5O3. The van der Waals surface area contributed by atoms with Crippen LogP contribution >= 0.6 is 0 Å². The molecule has 1 amide bonds. The summed E-state index contributed by atoms with van der Waals surface area (Å²) in [5.41, 5.74) is 1.14. The predicted molar refractivity (Wildman–Crippen MR) is 120 cm³/mol. The smallest absolute Gasteiger partial charge is 0.410 e. The highest BCUT2D eigenvalue weighted by molar-refractivity contribution is 5.82. The minimum Gasteiger partial charge on any atom is -0.453 e. The van der Waals surface area contributed by atoms with Crippen molar-refractivity contribution in [3.63, 3.8) is 0 Å². The number of carbonyl (C=O) groups is 1. The van der Waals surface area contributed by atoms with Gasteiger partial charge in [-0.2, -0.15) is 5.10 Å². The van der Waals surface area contributed by atoms with Crippen LogP contribution < -0.4 is 4.74 Å². The highest BCUT2D eigenvalue weighted by Gasteiger charge is 2.45. The number of nitrogens with zero attached hydrogens (tertiary/aromatic N) is 5. The monoisotopic (exact) mass is 435 g/mol. The van der Waals surface area contributed by atoms with E-state index in [1.54, 1.807) is 12.4 Å². The first kappa shape index (κ1) is 20.7. The van der Waals surface area contributed by atoms with Gasteiger partial charge in [0.1, 0.15) is 11.4 Å². The SMILES string of the molecule is Cc1ncccc1Oc1cnnc2c1ccn2C1C[C@@H]2CC[C@@H](C1)N2C(=O)OC(C)(C)C. The van der Waals surface area contributed by atoms with E-state index in [0.717, 1.165) is 42.4 Å². The summed E-state index contributed by atoms with van der Waals surface area (Å²) in [4.78, 5) is 19.0. The fraction of sp³-hybridized carbons (Fsp3) is 0.500. The molecule has 2 aliphatic rings. The van der Waals surface area contributed by atoms with Gasteiger partial charge in [-0.25, -0.2) is 4.79 Å². The number of hydrogen-bond donors (Lipinski definition) is 0. The third-order valence-corrected chi connectivity index (χ3v) is 6.36. The molecule has 0 N–H and O–H groups in total. The topological polar surface area (TPSA) is 82.4 Å². The van der Waals surface area contributed by atoms with Crippen LogP contribution in [-0.4, -0.2) is 48.4 Å². The highest BCUT2D eigenvalue weighted by Crippen LogP contribution is 2.43. The summed E-state index contributed by atoms with van der Waals surface area (Å²) in [6, 6.07) is 6.43. The number of rotatable bonds is 3. The fourth-order valence-corrected chi connectivity index (χ4v) is 5.00. The number of aryl methyl sites for hydroxylation is 1. The molecule has 168 valence electrons. The Balaban J connectivity index is 1.39. The number of piperidine rings is 1. The summed E-state index contributed by atoms with van der Waals surface area (Å²) in [5, 5.41) is 9.55. The molecule has 3 aromatic rings. The van der Waals surface area contributed by atoms with Crippen LogP contribution in [0.5, 0.6) is 11.5 Å². The summed E-state index contributed by atoms with van der Waals surface area (Å²) in [6.45, 7) is 7.66. The van der Waals surface area contributed by atoms with Gasteiger partial charge >= 0.3 is 6.09 Å². The number of carbonyl (C=O) groups excluding carboxylic acids is 1. The normalized spacial score (nSPS) is 22.9. The van der Waals surface area contributed by atoms with Gasteiger partial charge in [0.05, 0.1) is 17.3 Å². The predicted octanol–water partition coefficient (Wildman–Crippen LogP) is 5.03. The number of pyridine rings is 1. The average molecular weight is 436 g/mol. The molecule has 8 heteroatoms. The summed E-state index contributed by atoms with van der Waals surface area (Å²) in [7, 11) is 0. The summed E-state index contributed by atoms with van der Waals surface area (Å²) < 4.78 is 14.0. The van der Waals surface area contributed by atoms with Gasteiger partial charge in [0.2, 0.25) is 0 Å². The molecule has 2 saturated heterocycles. The van der Waals surface area contributed by atoms with Crippen molar-refractivity contribution in [2.45, 2.75) is 77.1 Å². The van der Waals surface area contributed by atoms with E-state index in [2.05, 4.69) is 25.9 Å². The molecule has 0 saturated carbocycles. The lowest BCUT2D eigenvalue weighted by Crippen LogP contribution is -2.48. The van der Waals surface area contributed by atoms with E-state index in [9.17, 15) is 4.79 Å². The lowest BCUT2D eigenvalue weighted by atomic mass is 9.97. The zero-order valence-electron chi connectivity index (χ0n) is 19.0. The van der Waals surface area contributed by atoms with Gasteiger partial charge < -0.3 is 18.9 Å². The van der Waals surface area contributed by atoms with E-state index >= 15 is 0 Å². The molecule has 5 heterocycles. The molecule has 8 nitrogen and oxygen atoms in total. The Labute approximate surface area is 187 Å². The molecule has 0 spiro atoms. The van der Waals surface area contributed by atoms with E-state index in [-0.39, 0.29) is 24.2 Å². The molecule has 2 bridgehead atoms. The van der Waals surface area contributed by atoms with Gasteiger partial charge in [-0.1, -0.05) is 0 Å². The van der Waals surface area contributed by atoms with Gasteiger partial charge in [-0.3, -0.25) is 4.98 Å². The molecule has 2 fully saturated rings. The van der Waals surface area contributed by atoms with Crippen LogP contribution in [0.2, 0.25) is 0 Å². The molecular weight excluding hydrogens is 406 g/mol. The Hall–Kier alpha value is -3.16. The summed E-state index contributed by atoms with van der Waals surface area (Å²) in [5.74, 6) is 1.37. The molecule has 3 aromatic heterocycles. The molecule has 0 aromatic carbocycles. The van der Waals surface area contributed by atoms with Crippen LogP contribution in [-0.2, 0) is 4.74 Å². The maximum absolute atomic E-state index is 12.8. The van der Waals surface area contributed by atoms with Crippen LogP contribution in [0.1, 0.15) is 58.2 Å². The Morgan fingerprint density at radius 3 is 2.53 bits per heavy atom. The third-order valence-electron chi connectivity index (χ3n) is 6.36. The Kier molecular flexibility index (Phi) is 5.03. The van der Waals surface area contributed by atoms with Crippen LogP contribution in [0.15, 0.2) is 36.8 Å². The molecule has 2 atom stereocenters. The maximum Gasteiger partial charge on any atom is 0.410 e. The minimum atomic E-state index is -0.484. The van der Waals surface area contributed by atoms with Gasteiger partial charge in [0.15, 0.2) is 11.4 Å². The van der Waals surface area contributed by atoms with Crippen molar-refractivity contribution in [3.8, 4) is 11.5 Å². The second kappa shape index (κ2) is 7.76. The van der Waals surface area contributed by atoms with E-state index in [4.69, 9.17) is 9.47 Å². The highest BCUT2D eigenvalue weighted by atomic mass is 16.6. The van der Waals surface area contributed by atoms with Gasteiger partial charge in [0, 0.05) is 30.5 Å². The second-order valence-electron chi connectivity index (χ2n) is 9.76. The molecule has 5 rings (SSSR count). The van der Waals surface area contributed by atoms with Crippen molar-refractivity contribution in [2.24, 2.45) is 0 Å². The van der Waals surface area contributed by atoms with Crippen molar-refractivity contribution < 1.29 is 14.3 Å². The molecule has 2 aliphatic heterocycles. The number of ether oxygens (including phenoxy) is 2. The first-order valence-corrected chi connectivity index (χ1v) is 11.2. The summed E-state index contributed by atoms with van der Waals surface area (Å²) >= 11 is 0. The fourth-order valence-electron chi connectivity index (χ4n) is 5.00. The first-order valence-electron chi connectivity index (χ1n) is 11.2. The van der Waals surface area contributed by atoms with Crippen molar-refractivity contribution in [1.29, 1.82) is 0 Å². The lowest BCUT2D eigenvalue weighted by Gasteiger charge is -2.40. The second-order valence-corrected chi connectivity index (χ2v) is 9.76. The van der Waals surface area contributed by atoms with Crippen molar-refractivity contribution in [2.75, 3.05) is 0 Å².